The number of nitrogens with zero attached hydrogens (tertiary/aromatic N) is 2. The zero-order valence-corrected chi connectivity index (χ0v) is 12.3. The summed E-state index contributed by atoms with van der Waals surface area (Å²) in [6, 6.07) is 0. The lowest BCUT2D eigenvalue weighted by atomic mass is 10.0. The van der Waals surface area contributed by atoms with Crippen molar-refractivity contribution in [1.29, 1.82) is 0 Å². The van der Waals surface area contributed by atoms with Gasteiger partial charge in [-0.3, -0.25) is 9.69 Å². The normalized spacial score (nSPS) is 42.9. The summed E-state index contributed by atoms with van der Waals surface area (Å²) in [5.41, 5.74) is 5.56. The van der Waals surface area contributed by atoms with Crippen LogP contribution in [0.15, 0.2) is 0 Å². The third-order valence-electron chi connectivity index (χ3n) is 6.38. The van der Waals surface area contributed by atoms with E-state index in [1.54, 1.807) is 0 Å². The molecule has 20 heavy (non-hydrogen) atoms. The Kier molecular flexibility index (Phi) is 3.26. The minimum absolute atomic E-state index is 0.428. The van der Waals surface area contributed by atoms with Crippen LogP contribution in [-0.4, -0.2) is 55.0 Å². The number of nitrogens with two attached hydrogens (primary N) is 1. The number of carbonyl (C=O) groups excluding carboxylic acids is 1. The van der Waals surface area contributed by atoms with Gasteiger partial charge in [0, 0.05) is 32.1 Å². The second-order valence-corrected chi connectivity index (χ2v) is 7.32. The highest BCUT2D eigenvalue weighted by molar-refractivity contribution is 5.83. The van der Waals surface area contributed by atoms with E-state index in [0.29, 0.717) is 11.8 Å². The highest BCUT2D eigenvalue weighted by atomic mass is 16.2. The second-order valence-electron chi connectivity index (χ2n) is 7.32. The molecule has 2 bridgehead atoms. The van der Waals surface area contributed by atoms with E-state index in [-0.39, 0.29) is 0 Å². The van der Waals surface area contributed by atoms with Crippen LogP contribution in [0.4, 0.5) is 0 Å². The molecular weight excluding hydrogens is 250 g/mol. The summed E-state index contributed by atoms with van der Waals surface area (Å²) in [6.45, 7) is 5.83. The first-order valence-corrected chi connectivity index (χ1v) is 8.51. The number of amides is 1. The Morgan fingerprint density at radius 1 is 1.05 bits per heavy atom. The van der Waals surface area contributed by atoms with Gasteiger partial charge in [-0.05, 0) is 62.4 Å². The molecule has 2 N–H and O–H groups in total. The van der Waals surface area contributed by atoms with Gasteiger partial charge in [0.05, 0.1) is 0 Å². The first-order valence-electron chi connectivity index (χ1n) is 8.51. The molecule has 4 heteroatoms. The molecule has 4 fully saturated rings. The maximum atomic E-state index is 12.7. The predicted molar refractivity (Wildman–Crippen MR) is 78.0 cm³/mol. The van der Waals surface area contributed by atoms with Crippen molar-refractivity contribution in [3.8, 4) is 0 Å². The van der Waals surface area contributed by atoms with Crippen molar-refractivity contribution < 1.29 is 4.79 Å². The van der Waals surface area contributed by atoms with Crippen LogP contribution in [-0.2, 0) is 4.79 Å². The summed E-state index contributed by atoms with van der Waals surface area (Å²) < 4.78 is 0. The van der Waals surface area contributed by atoms with Gasteiger partial charge in [-0.2, -0.15) is 0 Å². The molecule has 4 nitrogen and oxygen atoms in total. The maximum absolute atomic E-state index is 12.7. The molecule has 1 aliphatic heterocycles. The van der Waals surface area contributed by atoms with Crippen LogP contribution in [0, 0.1) is 29.6 Å². The SMILES string of the molecule is NCCCN1CCN(C(=O)C2C3C4CCC(C4)C23)CC1. The summed E-state index contributed by atoms with van der Waals surface area (Å²) in [6.07, 6.45) is 5.32. The maximum Gasteiger partial charge on any atom is 0.226 e. The molecule has 0 spiro atoms. The minimum Gasteiger partial charge on any atom is -0.340 e. The number of rotatable bonds is 4. The molecule has 4 unspecified atom stereocenters. The molecule has 112 valence electrons. The first-order chi connectivity index (χ1) is 9.79. The Labute approximate surface area is 121 Å². The minimum atomic E-state index is 0.428. The molecule has 4 aliphatic rings. The van der Waals surface area contributed by atoms with Gasteiger partial charge in [-0.15, -0.1) is 0 Å². The number of carbonyl (C=O) groups is 1. The lowest BCUT2D eigenvalue weighted by Gasteiger charge is -2.35. The highest BCUT2D eigenvalue weighted by Crippen LogP contribution is 2.69. The second kappa shape index (κ2) is 4.99. The summed E-state index contributed by atoms with van der Waals surface area (Å²) in [7, 11) is 0. The standard InChI is InChI=1S/C16H27N3O/c17-4-1-5-18-6-8-19(9-7-18)16(20)15-13-11-2-3-12(10-11)14(13)15/h11-15H,1-10,17H2. The lowest BCUT2D eigenvalue weighted by Crippen LogP contribution is -2.49. The number of fused-ring (bicyclic) bond motifs is 5. The molecule has 1 heterocycles. The molecule has 1 amide bonds. The smallest absolute Gasteiger partial charge is 0.226 e. The lowest BCUT2D eigenvalue weighted by molar-refractivity contribution is -0.135. The van der Waals surface area contributed by atoms with Crippen molar-refractivity contribution in [2.45, 2.75) is 25.7 Å². The topological polar surface area (TPSA) is 49.6 Å². The third-order valence-corrected chi connectivity index (χ3v) is 6.38. The first kappa shape index (κ1) is 13.1. The summed E-state index contributed by atoms with van der Waals surface area (Å²) in [4.78, 5) is 17.3. The fourth-order valence-corrected chi connectivity index (χ4v) is 5.37. The van der Waals surface area contributed by atoms with E-state index in [9.17, 15) is 4.79 Å². The molecule has 0 radical (unpaired) electrons. The average Bonchev–Trinajstić information content (AvgIpc) is 2.92. The van der Waals surface area contributed by atoms with E-state index in [1.807, 2.05) is 0 Å². The predicted octanol–water partition coefficient (Wildman–Crippen LogP) is 0.771. The van der Waals surface area contributed by atoms with Crippen LogP contribution < -0.4 is 5.73 Å². The Hall–Kier alpha value is -0.610. The zero-order chi connectivity index (χ0) is 13.7. The third kappa shape index (κ3) is 2.00. The van der Waals surface area contributed by atoms with Gasteiger partial charge in [0.1, 0.15) is 0 Å². The summed E-state index contributed by atoms with van der Waals surface area (Å²) in [5, 5.41) is 0. The molecule has 3 aliphatic carbocycles. The molecule has 4 atom stereocenters. The summed E-state index contributed by atoms with van der Waals surface area (Å²) in [5.74, 6) is 4.31. The largest absolute Gasteiger partial charge is 0.340 e. The van der Waals surface area contributed by atoms with Crippen molar-refractivity contribution in [3.63, 3.8) is 0 Å². The molecule has 1 saturated heterocycles. The van der Waals surface area contributed by atoms with Crippen molar-refractivity contribution >= 4 is 5.91 Å². The van der Waals surface area contributed by atoms with Gasteiger partial charge >= 0.3 is 0 Å². The Morgan fingerprint density at radius 3 is 2.30 bits per heavy atom. The van der Waals surface area contributed by atoms with Crippen LogP contribution in [0.3, 0.4) is 0 Å². The highest BCUT2D eigenvalue weighted by Gasteiger charge is 2.67. The quantitative estimate of drug-likeness (QED) is 0.826. The Morgan fingerprint density at radius 2 is 1.70 bits per heavy atom. The van der Waals surface area contributed by atoms with Gasteiger partial charge in [0.2, 0.25) is 5.91 Å². The summed E-state index contributed by atoms with van der Waals surface area (Å²) >= 11 is 0. The van der Waals surface area contributed by atoms with Crippen molar-refractivity contribution in [3.05, 3.63) is 0 Å². The molecule has 0 aromatic heterocycles. The Bertz CT molecular complexity index is 375. The molecule has 3 saturated carbocycles. The van der Waals surface area contributed by atoms with E-state index in [0.717, 1.165) is 69.4 Å². The van der Waals surface area contributed by atoms with Crippen LogP contribution >= 0.6 is 0 Å². The van der Waals surface area contributed by atoms with Crippen LogP contribution in [0.1, 0.15) is 25.7 Å². The van der Waals surface area contributed by atoms with Gasteiger partial charge < -0.3 is 10.6 Å². The van der Waals surface area contributed by atoms with Crippen LogP contribution in [0.2, 0.25) is 0 Å². The van der Waals surface area contributed by atoms with Gasteiger partial charge in [-0.1, -0.05) is 0 Å². The number of hydrogen-bond acceptors (Lipinski definition) is 3. The molecule has 0 aromatic rings. The van der Waals surface area contributed by atoms with Crippen LogP contribution in [0.5, 0.6) is 0 Å². The molecule has 4 rings (SSSR count). The number of hydrogen-bond donors (Lipinski definition) is 1. The van der Waals surface area contributed by atoms with E-state index in [4.69, 9.17) is 5.73 Å². The zero-order valence-electron chi connectivity index (χ0n) is 12.3. The van der Waals surface area contributed by atoms with E-state index < -0.39 is 0 Å². The van der Waals surface area contributed by atoms with E-state index >= 15 is 0 Å². The van der Waals surface area contributed by atoms with Gasteiger partial charge in [0.15, 0.2) is 0 Å². The fraction of sp³-hybridized carbons (Fsp3) is 0.938. The fourth-order valence-electron chi connectivity index (χ4n) is 5.37. The van der Waals surface area contributed by atoms with Gasteiger partial charge in [0.25, 0.3) is 0 Å². The number of piperazine rings is 1. The molecular formula is C16H27N3O. The van der Waals surface area contributed by atoms with Gasteiger partial charge in [-0.25, -0.2) is 0 Å². The van der Waals surface area contributed by atoms with Crippen molar-refractivity contribution in [2.24, 2.45) is 35.3 Å². The van der Waals surface area contributed by atoms with Crippen molar-refractivity contribution in [2.75, 3.05) is 39.3 Å². The van der Waals surface area contributed by atoms with E-state index in [2.05, 4.69) is 9.80 Å². The van der Waals surface area contributed by atoms with Crippen molar-refractivity contribution in [1.82, 2.24) is 9.80 Å². The monoisotopic (exact) mass is 277 g/mol. The molecule has 0 aromatic carbocycles. The van der Waals surface area contributed by atoms with Crippen LogP contribution in [0.25, 0.3) is 0 Å². The average molecular weight is 277 g/mol. The van der Waals surface area contributed by atoms with E-state index in [1.165, 1.54) is 19.3 Å². The Balaban J connectivity index is 1.29.